The predicted molar refractivity (Wildman–Crippen MR) is 349 cm³/mol. The summed E-state index contributed by atoms with van der Waals surface area (Å²) in [6.45, 7) is 0.236. The molecular formula is C79H56BClN2O. The molecule has 14 aromatic rings. The van der Waals surface area contributed by atoms with E-state index in [2.05, 4.69) is 288 Å². The summed E-state index contributed by atoms with van der Waals surface area (Å²) < 4.78 is 10.9. The third kappa shape index (κ3) is 8.20. The highest BCUT2D eigenvalue weighted by atomic mass is 35.5. The van der Waals surface area contributed by atoms with Gasteiger partial charge < -0.3 is 13.9 Å². The third-order valence-electron chi connectivity index (χ3n) is 17.6. The SMILES string of the molecule is Clc1c(Oc2ccccc2)cccc1-n1cc(C(c2ccccc2)(c2ccccc2)c2ccccc2)c2ccccc21.c1ccc(C(c2ccccc2)(c2ccccc2)c2cn3c4c(cccc24)B2c4ccccc4Cc4cccc-3c42)cc1. The van der Waals surface area contributed by atoms with Crippen molar-refractivity contribution < 1.29 is 4.74 Å². The van der Waals surface area contributed by atoms with Crippen LogP contribution in [0.5, 0.6) is 11.5 Å². The standard InChI is InChI=1S/C40H28BN.C39H28ClNO/c1-4-16-30(17-5-1)40(31-18-6-2-7-19-31,32-20-8-3-9-21-32)34-27-42-37-25-12-15-29-26-28-14-10-11-23-35(28)41(38(29)37)36-24-13-22-33(34)39(36)42;40-38-36(26-15-27-37(38)42-32-22-11-4-12-23-32)41-28-34(33-24-13-14-25-35(33)41)39(29-16-5-1-6-17-29,30-18-7-2-8-19-30)31-20-9-3-10-21-31/h1-25,27H,26H2;1-28H. The maximum Gasteiger partial charge on any atom is 0.247 e. The van der Waals surface area contributed by atoms with Gasteiger partial charge in [0.05, 0.1) is 22.0 Å². The van der Waals surface area contributed by atoms with Crippen LogP contribution in [0.15, 0.2) is 328 Å². The zero-order valence-electron chi connectivity index (χ0n) is 46.1. The van der Waals surface area contributed by atoms with E-state index in [1.54, 1.807) is 0 Å². The minimum absolute atomic E-state index is 0.236. The molecule has 0 fully saturated rings. The predicted octanol–water partition coefficient (Wildman–Crippen LogP) is 17.2. The van der Waals surface area contributed by atoms with Crippen molar-refractivity contribution in [2.45, 2.75) is 17.3 Å². The monoisotopic (exact) mass is 1090 g/mol. The van der Waals surface area contributed by atoms with Crippen molar-refractivity contribution in [2.75, 3.05) is 0 Å². The Labute approximate surface area is 496 Å². The lowest BCUT2D eigenvalue weighted by molar-refractivity contribution is 0.482. The minimum Gasteiger partial charge on any atom is -0.456 e. The lowest BCUT2D eigenvalue weighted by Gasteiger charge is -2.36. The van der Waals surface area contributed by atoms with Crippen LogP contribution in [0.25, 0.3) is 33.2 Å². The number of hydrogen-bond acceptors (Lipinski definition) is 1. The second-order valence-corrected chi connectivity index (χ2v) is 22.3. The molecule has 0 radical (unpaired) electrons. The van der Waals surface area contributed by atoms with E-state index in [9.17, 15) is 0 Å². The zero-order chi connectivity index (χ0) is 56.0. The van der Waals surface area contributed by atoms with Crippen molar-refractivity contribution in [1.29, 1.82) is 0 Å². The maximum atomic E-state index is 7.12. The molecule has 0 bridgehead atoms. The molecular weight excluding hydrogens is 1040 g/mol. The molecule has 2 aliphatic heterocycles. The molecule has 0 spiro atoms. The molecule has 0 amide bonds. The molecule has 84 heavy (non-hydrogen) atoms. The number of hydrogen-bond donors (Lipinski definition) is 0. The van der Waals surface area contributed by atoms with E-state index in [0.717, 1.165) is 28.8 Å². The second kappa shape index (κ2) is 21.3. The molecule has 0 atom stereocenters. The first-order valence-electron chi connectivity index (χ1n) is 28.9. The zero-order valence-corrected chi connectivity index (χ0v) is 46.9. The van der Waals surface area contributed by atoms with Crippen molar-refractivity contribution >= 4 is 56.5 Å². The molecule has 2 aliphatic rings. The normalized spacial score (nSPS) is 12.3. The number of para-hydroxylation sites is 3. The van der Waals surface area contributed by atoms with Gasteiger partial charge >= 0.3 is 0 Å². The molecule has 16 rings (SSSR count). The van der Waals surface area contributed by atoms with Crippen LogP contribution in [0.2, 0.25) is 5.02 Å². The van der Waals surface area contributed by atoms with Crippen LogP contribution in [0.3, 0.4) is 0 Å². The number of nitrogens with zero attached hydrogens (tertiary/aromatic N) is 2. The highest BCUT2D eigenvalue weighted by Crippen LogP contribution is 2.51. The number of halogens is 1. The molecule has 398 valence electrons. The molecule has 0 saturated heterocycles. The van der Waals surface area contributed by atoms with Crippen LogP contribution in [0.4, 0.5) is 0 Å². The lowest BCUT2D eigenvalue weighted by atomic mass is 9.32. The molecule has 3 nitrogen and oxygen atoms in total. The van der Waals surface area contributed by atoms with E-state index in [1.807, 2.05) is 48.5 Å². The van der Waals surface area contributed by atoms with Gasteiger partial charge in [-0.2, -0.15) is 0 Å². The largest absolute Gasteiger partial charge is 0.456 e. The topological polar surface area (TPSA) is 19.1 Å². The van der Waals surface area contributed by atoms with E-state index in [0.29, 0.717) is 10.8 Å². The Hall–Kier alpha value is -10.1. The van der Waals surface area contributed by atoms with Gasteiger partial charge in [-0.25, -0.2) is 0 Å². The summed E-state index contributed by atoms with van der Waals surface area (Å²) in [6.07, 6.45) is 5.69. The van der Waals surface area contributed by atoms with Gasteiger partial charge in [-0.05, 0) is 109 Å². The number of benzene rings is 12. The quantitative estimate of drug-likeness (QED) is 0.0933. The average Bonchev–Trinajstić information content (AvgIpc) is 1.69. The van der Waals surface area contributed by atoms with Crippen LogP contribution in [-0.2, 0) is 17.3 Å². The number of ether oxygens (including phenoxy) is 1. The van der Waals surface area contributed by atoms with Gasteiger partial charge in [0.1, 0.15) is 16.5 Å². The van der Waals surface area contributed by atoms with E-state index in [4.69, 9.17) is 16.3 Å². The number of fused-ring (bicyclic) bond motifs is 5. The average molecular weight is 1100 g/mol. The Morgan fingerprint density at radius 2 is 0.750 bits per heavy atom. The van der Waals surface area contributed by atoms with Gasteiger partial charge in [0.25, 0.3) is 0 Å². The molecule has 0 N–H and O–H groups in total. The van der Waals surface area contributed by atoms with Crippen LogP contribution in [0, 0.1) is 0 Å². The minimum atomic E-state index is -0.584. The van der Waals surface area contributed by atoms with Gasteiger partial charge in [-0.15, -0.1) is 0 Å². The van der Waals surface area contributed by atoms with Crippen LogP contribution in [0.1, 0.15) is 55.6 Å². The van der Waals surface area contributed by atoms with Crippen molar-refractivity contribution in [3.8, 4) is 22.9 Å². The van der Waals surface area contributed by atoms with Crippen molar-refractivity contribution in [1.82, 2.24) is 9.13 Å². The number of rotatable bonds is 11. The maximum absolute atomic E-state index is 7.12. The summed E-state index contributed by atoms with van der Waals surface area (Å²) in [5, 5.41) is 3.01. The van der Waals surface area contributed by atoms with Gasteiger partial charge in [0.15, 0.2) is 0 Å². The fourth-order valence-corrected chi connectivity index (χ4v) is 14.4. The summed E-state index contributed by atoms with van der Waals surface area (Å²) in [7, 11) is 0. The fraction of sp³-hybridized carbons (Fsp3) is 0.0380. The summed E-state index contributed by atoms with van der Waals surface area (Å²) >= 11 is 7.12. The molecule has 0 aliphatic carbocycles. The lowest BCUT2D eigenvalue weighted by Crippen LogP contribution is -2.60. The molecule has 12 aromatic carbocycles. The Bertz CT molecular complexity index is 4470. The van der Waals surface area contributed by atoms with E-state index in [-0.39, 0.29) is 6.71 Å². The van der Waals surface area contributed by atoms with Crippen LogP contribution in [-0.4, -0.2) is 15.8 Å². The Morgan fingerprint density at radius 3 is 1.31 bits per heavy atom. The van der Waals surface area contributed by atoms with E-state index in [1.165, 1.54) is 88.6 Å². The molecule has 2 aromatic heterocycles. The van der Waals surface area contributed by atoms with E-state index < -0.39 is 10.8 Å². The Balaban J connectivity index is 0.000000143. The van der Waals surface area contributed by atoms with Gasteiger partial charge in [0, 0.05) is 34.4 Å². The van der Waals surface area contributed by atoms with Gasteiger partial charge in [-0.1, -0.05) is 296 Å². The van der Waals surface area contributed by atoms with Crippen LogP contribution < -0.4 is 21.1 Å². The fourth-order valence-electron chi connectivity index (χ4n) is 14.1. The Kier molecular flexibility index (Phi) is 12.9. The summed E-state index contributed by atoms with van der Waals surface area (Å²) in [5.74, 6) is 1.35. The summed E-state index contributed by atoms with van der Waals surface area (Å²) in [4.78, 5) is 0. The molecule has 5 heteroatoms. The van der Waals surface area contributed by atoms with E-state index >= 15 is 0 Å². The van der Waals surface area contributed by atoms with Gasteiger partial charge in [0.2, 0.25) is 6.71 Å². The molecule has 0 saturated carbocycles. The number of aromatic nitrogens is 2. The first kappa shape index (κ1) is 50.8. The smallest absolute Gasteiger partial charge is 0.247 e. The highest BCUT2D eigenvalue weighted by Gasteiger charge is 2.45. The van der Waals surface area contributed by atoms with Crippen LogP contribution >= 0.6 is 11.6 Å². The Morgan fingerprint density at radius 1 is 0.345 bits per heavy atom. The van der Waals surface area contributed by atoms with Crippen molar-refractivity contribution in [2.24, 2.45) is 0 Å². The highest BCUT2D eigenvalue weighted by molar-refractivity contribution is 6.98. The van der Waals surface area contributed by atoms with Crippen molar-refractivity contribution in [3.05, 3.63) is 389 Å². The third-order valence-corrected chi connectivity index (χ3v) is 18.0. The molecule has 0 unspecified atom stereocenters. The first-order valence-corrected chi connectivity index (χ1v) is 29.3. The second-order valence-electron chi connectivity index (χ2n) is 21.9. The summed E-state index contributed by atoms with van der Waals surface area (Å²) in [5.41, 5.74) is 20.5. The first-order chi connectivity index (χ1) is 41.6. The van der Waals surface area contributed by atoms with Gasteiger partial charge in [-0.3, -0.25) is 0 Å². The summed E-state index contributed by atoms with van der Waals surface area (Å²) in [6, 6.07) is 113. The molecule has 4 heterocycles. The van der Waals surface area contributed by atoms with Crippen molar-refractivity contribution in [3.63, 3.8) is 0 Å².